The normalized spacial score (nSPS) is 21.6. The first-order chi connectivity index (χ1) is 9.14. The fourth-order valence-electron chi connectivity index (χ4n) is 1.93. The first-order valence-corrected chi connectivity index (χ1v) is 6.19. The van der Waals surface area contributed by atoms with Gasteiger partial charge in [-0.05, 0) is 25.5 Å². The second-order valence-corrected chi connectivity index (χ2v) is 4.72. The molecule has 0 aliphatic carbocycles. The van der Waals surface area contributed by atoms with Gasteiger partial charge in [0.1, 0.15) is 5.69 Å². The van der Waals surface area contributed by atoms with Crippen molar-refractivity contribution in [3.63, 3.8) is 0 Å². The number of carbonyl (C=O) groups excluding carboxylic acids is 1. The zero-order chi connectivity index (χ0) is 13.7. The van der Waals surface area contributed by atoms with E-state index >= 15 is 0 Å². The average molecular weight is 259 g/mol. The molecule has 0 spiro atoms. The summed E-state index contributed by atoms with van der Waals surface area (Å²) in [5.41, 5.74) is 5.94. The quantitative estimate of drug-likeness (QED) is 0.749. The summed E-state index contributed by atoms with van der Waals surface area (Å²) in [4.78, 5) is 16.4. The maximum Gasteiger partial charge on any atom is 0.271 e. The Morgan fingerprint density at radius 1 is 1.68 bits per heavy atom. The van der Waals surface area contributed by atoms with Gasteiger partial charge in [0.2, 0.25) is 0 Å². The number of hydrogen-bond donors (Lipinski definition) is 2. The van der Waals surface area contributed by atoms with Crippen LogP contribution in [-0.4, -0.2) is 36.2 Å². The molecule has 1 aromatic heterocycles. The minimum absolute atomic E-state index is 0.227. The molecular formula is C14H17N3O2. The van der Waals surface area contributed by atoms with Crippen LogP contribution in [0.15, 0.2) is 18.3 Å². The highest BCUT2D eigenvalue weighted by atomic mass is 16.5. The number of nitrogens with two attached hydrogens (primary N) is 1. The van der Waals surface area contributed by atoms with Crippen LogP contribution in [0.4, 0.5) is 0 Å². The Bertz CT molecular complexity index is 525. The topological polar surface area (TPSA) is 77.2 Å². The molecule has 5 nitrogen and oxygen atoms in total. The van der Waals surface area contributed by atoms with Crippen LogP contribution in [-0.2, 0) is 4.74 Å². The van der Waals surface area contributed by atoms with Crippen LogP contribution in [0.2, 0.25) is 0 Å². The number of hydrogen-bond acceptors (Lipinski definition) is 4. The standard InChI is InChI=1S/C14H17N3O2/c1-14(6-9-19-10-14)17-13(18)12-11(4-2-7-15)5-3-8-16-12/h3,5,8H,6-7,9-10,15H2,1H3,(H,17,18). The molecule has 2 rings (SSSR count). The SMILES string of the molecule is CC1(NC(=O)c2ncccc2C#CCN)CCOC1. The minimum Gasteiger partial charge on any atom is -0.379 e. The molecule has 1 aromatic rings. The van der Waals surface area contributed by atoms with Gasteiger partial charge in [0, 0.05) is 12.8 Å². The Kier molecular flexibility index (Phi) is 4.15. The van der Waals surface area contributed by atoms with E-state index in [9.17, 15) is 4.79 Å². The largest absolute Gasteiger partial charge is 0.379 e. The third-order valence-corrected chi connectivity index (χ3v) is 2.98. The van der Waals surface area contributed by atoms with E-state index in [0.717, 1.165) is 6.42 Å². The molecule has 0 saturated carbocycles. The summed E-state index contributed by atoms with van der Waals surface area (Å²) < 4.78 is 5.31. The molecule has 3 N–H and O–H groups in total. The van der Waals surface area contributed by atoms with Gasteiger partial charge in [0.25, 0.3) is 5.91 Å². The van der Waals surface area contributed by atoms with Gasteiger partial charge in [0.05, 0.1) is 24.3 Å². The Morgan fingerprint density at radius 2 is 2.53 bits per heavy atom. The van der Waals surface area contributed by atoms with Gasteiger partial charge in [-0.25, -0.2) is 4.98 Å². The lowest BCUT2D eigenvalue weighted by Crippen LogP contribution is -2.46. The molecule has 1 fully saturated rings. The first kappa shape index (κ1) is 13.5. The lowest BCUT2D eigenvalue weighted by atomic mass is 10.0. The van der Waals surface area contributed by atoms with E-state index in [1.807, 2.05) is 6.92 Å². The van der Waals surface area contributed by atoms with Crippen LogP contribution in [0, 0.1) is 11.8 Å². The van der Waals surface area contributed by atoms with Crippen molar-refractivity contribution >= 4 is 5.91 Å². The lowest BCUT2D eigenvalue weighted by Gasteiger charge is -2.23. The number of pyridine rings is 1. The highest BCUT2D eigenvalue weighted by Gasteiger charge is 2.32. The van der Waals surface area contributed by atoms with Crippen molar-refractivity contribution in [3.05, 3.63) is 29.6 Å². The highest BCUT2D eigenvalue weighted by Crippen LogP contribution is 2.18. The van der Waals surface area contributed by atoms with E-state index in [1.165, 1.54) is 0 Å². The summed E-state index contributed by atoms with van der Waals surface area (Å²) in [7, 11) is 0. The summed E-state index contributed by atoms with van der Waals surface area (Å²) in [6.07, 6.45) is 2.38. The van der Waals surface area contributed by atoms with Crippen molar-refractivity contribution in [1.29, 1.82) is 0 Å². The first-order valence-electron chi connectivity index (χ1n) is 6.19. The highest BCUT2D eigenvalue weighted by molar-refractivity contribution is 5.95. The van der Waals surface area contributed by atoms with Crippen molar-refractivity contribution in [2.45, 2.75) is 18.9 Å². The molecule has 1 unspecified atom stereocenters. The molecule has 5 heteroatoms. The summed E-state index contributed by atoms with van der Waals surface area (Å²) >= 11 is 0. The Hall–Kier alpha value is -1.90. The molecule has 19 heavy (non-hydrogen) atoms. The number of nitrogens with one attached hydrogen (secondary N) is 1. The molecule has 1 aliphatic rings. The van der Waals surface area contributed by atoms with E-state index in [2.05, 4.69) is 22.1 Å². The zero-order valence-electron chi connectivity index (χ0n) is 10.9. The number of ether oxygens (including phenoxy) is 1. The maximum absolute atomic E-state index is 12.3. The Balaban J connectivity index is 2.19. The monoisotopic (exact) mass is 259 g/mol. The summed E-state index contributed by atoms with van der Waals surface area (Å²) in [6, 6.07) is 3.51. The molecule has 1 amide bonds. The third-order valence-electron chi connectivity index (χ3n) is 2.98. The summed E-state index contributed by atoms with van der Waals surface area (Å²) in [5.74, 6) is 5.37. The summed E-state index contributed by atoms with van der Waals surface area (Å²) in [5, 5.41) is 2.96. The van der Waals surface area contributed by atoms with Gasteiger partial charge in [-0.15, -0.1) is 0 Å². The molecule has 0 bridgehead atoms. The average Bonchev–Trinajstić information content (AvgIpc) is 2.83. The second kappa shape index (κ2) is 5.83. The van der Waals surface area contributed by atoms with E-state index in [-0.39, 0.29) is 18.0 Å². The molecule has 100 valence electrons. The van der Waals surface area contributed by atoms with Crippen LogP contribution in [0.25, 0.3) is 0 Å². The minimum atomic E-state index is -0.326. The smallest absolute Gasteiger partial charge is 0.271 e. The molecule has 0 aromatic carbocycles. The van der Waals surface area contributed by atoms with Crippen molar-refractivity contribution in [2.75, 3.05) is 19.8 Å². The van der Waals surface area contributed by atoms with Gasteiger partial charge in [-0.1, -0.05) is 11.8 Å². The van der Waals surface area contributed by atoms with Crippen LogP contribution in [0.1, 0.15) is 29.4 Å². The second-order valence-electron chi connectivity index (χ2n) is 4.72. The molecule has 1 aliphatic heterocycles. The Morgan fingerprint density at radius 3 is 3.21 bits per heavy atom. The number of aromatic nitrogens is 1. The molecular weight excluding hydrogens is 242 g/mol. The predicted octanol–water partition coefficient (Wildman–Crippen LogP) is 0.301. The maximum atomic E-state index is 12.3. The fraction of sp³-hybridized carbons (Fsp3) is 0.429. The third kappa shape index (κ3) is 3.31. The Labute approximate surface area is 112 Å². The van der Waals surface area contributed by atoms with E-state index < -0.39 is 0 Å². The van der Waals surface area contributed by atoms with Gasteiger partial charge in [-0.2, -0.15) is 0 Å². The van der Waals surface area contributed by atoms with Crippen LogP contribution < -0.4 is 11.1 Å². The number of nitrogens with zero attached hydrogens (tertiary/aromatic N) is 1. The van der Waals surface area contributed by atoms with Crippen LogP contribution >= 0.6 is 0 Å². The van der Waals surface area contributed by atoms with Crippen LogP contribution in [0.5, 0.6) is 0 Å². The van der Waals surface area contributed by atoms with Gasteiger partial charge >= 0.3 is 0 Å². The lowest BCUT2D eigenvalue weighted by molar-refractivity contribution is 0.0884. The molecule has 1 saturated heterocycles. The molecule has 2 heterocycles. The van der Waals surface area contributed by atoms with E-state index in [0.29, 0.717) is 24.5 Å². The van der Waals surface area contributed by atoms with Gasteiger partial charge in [0.15, 0.2) is 0 Å². The van der Waals surface area contributed by atoms with Gasteiger partial charge < -0.3 is 15.8 Å². The fourth-order valence-corrected chi connectivity index (χ4v) is 1.93. The van der Waals surface area contributed by atoms with Crippen molar-refractivity contribution in [2.24, 2.45) is 5.73 Å². The number of carbonyl (C=O) groups is 1. The molecule has 1 atom stereocenters. The van der Waals surface area contributed by atoms with Crippen LogP contribution in [0.3, 0.4) is 0 Å². The molecule has 0 radical (unpaired) electrons. The summed E-state index contributed by atoms with van der Waals surface area (Å²) in [6.45, 7) is 3.40. The van der Waals surface area contributed by atoms with E-state index in [1.54, 1.807) is 18.3 Å². The number of amides is 1. The zero-order valence-corrected chi connectivity index (χ0v) is 10.9. The predicted molar refractivity (Wildman–Crippen MR) is 71.5 cm³/mol. The van der Waals surface area contributed by atoms with Crippen molar-refractivity contribution in [1.82, 2.24) is 10.3 Å². The van der Waals surface area contributed by atoms with Crippen molar-refractivity contribution < 1.29 is 9.53 Å². The van der Waals surface area contributed by atoms with Crippen molar-refractivity contribution in [3.8, 4) is 11.8 Å². The number of rotatable bonds is 2. The van der Waals surface area contributed by atoms with E-state index in [4.69, 9.17) is 10.5 Å². The van der Waals surface area contributed by atoms with Gasteiger partial charge in [-0.3, -0.25) is 4.79 Å².